The van der Waals surface area contributed by atoms with Gasteiger partial charge in [-0.15, -0.1) is 0 Å². The predicted molar refractivity (Wildman–Crippen MR) is 73.0 cm³/mol. The third-order valence-corrected chi connectivity index (χ3v) is 4.97. The Morgan fingerprint density at radius 1 is 1.47 bits per heavy atom. The first-order valence-corrected chi connectivity index (χ1v) is 7.13. The molecule has 0 bridgehead atoms. The van der Waals surface area contributed by atoms with Crippen LogP contribution in [0.4, 0.5) is 0 Å². The zero-order valence-electron chi connectivity index (χ0n) is 11.5. The van der Waals surface area contributed by atoms with Gasteiger partial charge in [0.2, 0.25) is 0 Å². The molecule has 1 atom stereocenters. The maximum absolute atomic E-state index is 11.3. The number of nitrogens with zero attached hydrogens (tertiary/aromatic N) is 1. The number of carbonyl (C=O) groups is 1. The van der Waals surface area contributed by atoms with Crippen molar-refractivity contribution in [1.29, 1.82) is 0 Å². The Hall–Kier alpha value is -1.29. The summed E-state index contributed by atoms with van der Waals surface area (Å²) >= 11 is 0. The van der Waals surface area contributed by atoms with E-state index in [0.717, 1.165) is 43.5 Å². The number of esters is 1. The Morgan fingerprint density at radius 3 is 2.74 bits per heavy atom. The lowest BCUT2D eigenvalue weighted by atomic mass is 9.70. The van der Waals surface area contributed by atoms with Crippen LogP contribution in [0.3, 0.4) is 0 Å². The van der Waals surface area contributed by atoms with Gasteiger partial charge in [-0.1, -0.05) is 6.58 Å². The maximum atomic E-state index is 11.3. The summed E-state index contributed by atoms with van der Waals surface area (Å²) < 4.78 is 5.03. The van der Waals surface area contributed by atoms with E-state index in [1.807, 2.05) is 0 Å². The minimum atomic E-state index is -0.235. The minimum Gasteiger partial charge on any atom is -0.456 e. The van der Waals surface area contributed by atoms with E-state index < -0.39 is 0 Å². The van der Waals surface area contributed by atoms with Gasteiger partial charge in [0.25, 0.3) is 0 Å². The van der Waals surface area contributed by atoms with Crippen LogP contribution in [-0.2, 0) is 9.53 Å². The van der Waals surface area contributed by atoms with Crippen molar-refractivity contribution in [2.24, 2.45) is 11.1 Å². The molecule has 0 amide bonds. The Morgan fingerprint density at radius 2 is 2.16 bits per heavy atom. The van der Waals surface area contributed by atoms with Crippen LogP contribution in [0.15, 0.2) is 24.0 Å². The zero-order valence-corrected chi connectivity index (χ0v) is 11.5. The summed E-state index contributed by atoms with van der Waals surface area (Å²) in [6.07, 6.45) is 7.12. The Labute approximate surface area is 114 Å². The molecule has 19 heavy (non-hydrogen) atoms. The highest BCUT2D eigenvalue weighted by atomic mass is 16.5. The Kier molecular flexibility index (Phi) is 2.93. The molecule has 1 saturated carbocycles. The standard InChI is InChI=1S/C15H22N2O2/c1-10-8-15(5-3-12(16)4-6-15)11(2)17(10)13-7-14(18)19-9-13/h7,10,12H,2-6,8-9,16H2,1H3. The molecule has 2 fully saturated rings. The van der Waals surface area contributed by atoms with Crippen LogP contribution in [0.25, 0.3) is 0 Å². The van der Waals surface area contributed by atoms with Crippen LogP contribution in [0.5, 0.6) is 0 Å². The van der Waals surface area contributed by atoms with E-state index in [4.69, 9.17) is 10.5 Å². The van der Waals surface area contributed by atoms with E-state index in [1.165, 1.54) is 0 Å². The highest BCUT2D eigenvalue weighted by Crippen LogP contribution is 2.53. The molecular weight excluding hydrogens is 240 g/mol. The van der Waals surface area contributed by atoms with Crippen molar-refractivity contribution in [3.8, 4) is 0 Å². The second-order valence-electron chi connectivity index (χ2n) is 6.23. The monoisotopic (exact) mass is 262 g/mol. The molecule has 4 nitrogen and oxygen atoms in total. The van der Waals surface area contributed by atoms with Gasteiger partial charge < -0.3 is 15.4 Å². The van der Waals surface area contributed by atoms with Crippen LogP contribution in [0, 0.1) is 5.41 Å². The van der Waals surface area contributed by atoms with E-state index in [9.17, 15) is 4.79 Å². The smallest absolute Gasteiger partial charge is 0.333 e. The topological polar surface area (TPSA) is 55.6 Å². The SMILES string of the molecule is C=C1N(C2=CC(=O)OC2)C(C)CC12CCC(N)CC2. The van der Waals surface area contributed by atoms with E-state index in [0.29, 0.717) is 18.7 Å². The normalized spacial score (nSPS) is 38.8. The van der Waals surface area contributed by atoms with Gasteiger partial charge in [0.05, 0.1) is 5.70 Å². The summed E-state index contributed by atoms with van der Waals surface area (Å²) in [5.41, 5.74) is 8.35. The van der Waals surface area contributed by atoms with Crippen molar-refractivity contribution in [3.05, 3.63) is 24.0 Å². The number of cyclic esters (lactones) is 1. The molecule has 1 spiro atoms. The number of allylic oxidation sites excluding steroid dienone is 1. The number of ether oxygens (including phenoxy) is 1. The third-order valence-electron chi connectivity index (χ3n) is 4.97. The Bertz CT molecular complexity index is 447. The van der Waals surface area contributed by atoms with E-state index in [-0.39, 0.29) is 11.4 Å². The molecule has 0 aromatic rings. The fourth-order valence-corrected chi connectivity index (χ4v) is 3.94. The van der Waals surface area contributed by atoms with E-state index >= 15 is 0 Å². The number of hydrogen-bond donors (Lipinski definition) is 1. The quantitative estimate of drug-likeness (QED) is 0.734. The second-order valence-corrected chi connectivity index (χ2v) is 6.23. The number of hydrogen-bond acceptors (Lipinski definition) is 4. The van der Waals surface area contributed by atoms with Crippen LogP contribution < -0.4 is 5.73 Å². The van der Waals surface area contributed by atoms with Crippen molar-refractivity contribution in [1.82, 2.24) is 4.90 Å². The van der Waals surface area contributed by atoms with Crippen molar-refractivity contribution in [2.75, 3.05) is 6.61 Å². The third kappa shape index (κ3) is 1.98. The summed E-state index contributed by atoms with van der Waals surface area (Å²) in [5, 5.41) is 0. The van der Waals surface area contributed by atoms with Gasteiger partial charge in [0.1, 0.15) is 6.61 Å². The van der Waals surface area contributed by atoms with Crippen LogP contribution >= 0.6 is 0 Å². The molecule has 1 saturated heterocycles. The molecule has 2 N–H and O–H groups in total. The van der Waals surface area contributed by atoms with Gasteiger partial charge in [-0.3, -0.25) is 0 Å². The van der Waals surface area contributed by atoms with Crippen molar-refractivity contribution in [3.63, 3.8) is 0 Å². The van der Waals surface area contributed by atoms with Crippen LogP contribution in [0.1, 0.15) is 39.0 Å². The highest BCUT2D eigenvalue weighted by molar-refractivity contribution is 5.85. The van der Waals surface area contributed by atoms with Crippen molar-refractivity contribution in [2.45, 2.75) is 51.1 Å². The predicted octanol–water partition coefficient (Wildman–Crippen LogP) is 1.92. The van der Waals surface area contributed by atoms with Gasteiger partial charge in [-0.25, -0.2) is 4.79 Å². The largest absolute Gasteiger partial charge is 0.456 e. The van der Waals surface area contributed by atoms with Crippen LogP contribution in [-0.4, -0.2) is 29.6 Å². The summed E-state index contributed by atoms with van der Waals surface area (Å²) in [4.78, 5) is 13.5. The Balaban J connectivity index is 1.83. The first kappa shape index (κ1) is 12.7. The lowest BCUT2D eigenvalue weighted by molar-refractivity contribution is -0.135. The van der Waals surface area contributed by atoms with Gasteiger partial charge in [-0.2, -0.15) is 0 Å². The number of nitrogens with two attached hydrogens (primary N) is 1. The van der Waals surface area contributed by atoms with E-state index in [2.05, 4.69) is 18.4 Å². The number of carbonyl (C=O) groups excluding carboxylic acids is 1. The fourth-order valence-electron chi connectivity index (χ4n) is 3.94. The number of likely N-dealkylation sites (tertiary alicyclic amines) is 1. The molecule has 104 valence electrons. The lowest BCUT2D eigenvalue weighted by Crippen LogP contribution is -2.34. The molecule has 1 unspecified atom stereocenters. The minimum absolute atomic E-state index is 0.196. The van der Waals surface area contributed by atoms with Gasteiger partial charge >= 0.3 is 5.97 Å². The number of rotatable bonds is 1. The summed E-state index contributed by atoms with van der Waals surface area (Å²) in [7, 11) is 0. The summed E-state index contributed by atoms with van der Waals surface area (Å²) in [6, 6.07) is 0.737. The molecular formula is C15H22N2O2. The van der Waals surface area contributed by atoms with E-state index in [1.54, 1.807) is 6.08 Å². The van der Waals surface area contributed by atoms with Gasteiger partial charge in [0.15, 0.2) is 0 Å². The van der Waals surface area contributed by atoms with Crippen LogP contribution in [0.2, 0.25) is 0 Å². The average Bonchev–Trinajstić information content (AvgIpc) is 2.87. The molecule has 2 aliphatic heterocycles. The van der Waals surface area contributed by atoms with Crippen molar-refractivity contribution < 1.29 is 9.53 Å². The molecule has 2 heterocycles. The lowest BCUT2D eigenvalue weighted by Gasteiger charge is -2.37. The fraction of sp³-hybridized carbons (Fsp3) is 0.667. The van der Waals surface area contributed by atoms with Gasteiger partial charge in [-0.05, 0) is 39.0 Å². The molecule has 3 aliphatic rings. The highest BCUT2D eigenvalue weighted by Gasteiger charge is 2.48. The van der Waals surface area contributed by atoms with Crippen molar-refractivity contribution >= 4 is 5.97 Å². The summed E-state index contributed by atoms with van der Waals surface area (Å²) in [5.74, 6) is -0.235. The molecule has 4 heteroatoms. The zero-order chi connectivity index (χ0) is 13.6. The molecule has 0 aromatic heterocycles. The molecule has 0 radical (unpaired) electrons. The molecule has 0 aromatic carbocycles. The average molecular weight is 262 g/mol. The van der Waals surface area contributed by atoms with Gasteiger partial charge in [0, 0.05) is 29.3 Å². The maximum Gasteiger partial charge on any atom is 0.333 e. The second kappa shape index (κ2) is 4.37. The summed E-state index contributed by atoms with van der Waals surface area (Å²) in [6.45, 7) is 6.93. The molecule has 3 rings (SSSR count). The first-order chi connectivity index (χ1) is 9.02. The molecule has 1 aliphatic carbocycles. The first-order valence-electron chi connectivity index (χ1n) is 7.13.